The molecular weight excluding hydrogens is 449 g/mol. The first-order valence-corrected chi connectivity index (χ1v) is 10.8. The third kappa shape index (κ3) is 7.24. The lowest BCUT2D eigenvalue weighted by atomic mass is 10.0. The lowest BCUT2D eigenvalue weighted by molar-refractivity contribution is -0.115. The number of Topliss-reactive ketones (excluding diaryl/α,β-unsaturated/α-hetero) is 1. The molecule has 35 heavy (non-hydrogen) atoms. The van der Waals surface area contributed by atoms with E-state index in [0.29, 0.717) is 16.7 Å². The highest BCUT2D eigenvalue weighted by molar-refractivity contribution is 6.12. The molecule has 3 aromatic carbocycles. The number of nitrogens with zero attached hydrogens (tertiary/aromatic N) is 1. The van der Waals surface area contributed by atoms with Crippen molar-refractivity contribution in [3.63, 3.8) is 0 Å². The van der Waals surface area contributed by atoms with Gasteiger partial charge in [-0.05, 0) is 68.3 Å². The van der Waals surface area contributed by atoms with Crippen molar-refractivity contribution in [1.82, 2.24) is 0 Å². The summed E-state index contributed by atoms with van der Waals surface area (Å²) in [5.74, 6) is -1.52. The molecule has 0 saturated heterocycles. The Morgan fingerprint density at radius 2 is 1.63 bits per heavy atom. The number of hydrogen-bond donors (Lipinski definition) is 2. The van der Waals surface area contributed by atoms with Crippen molar-refractivity contribution in [1.29, 1.82) is 5.26 Å². The molecule has 3 aromatic rings. The third-order valence-electron chi connectivity index (χ3n) is 4.72. The van der Waals surface area contributed by atoms with E-state index >= 15 is 0 Å². The molecule has 0 bridgehead atoms. The molecule has 2 N–H and O–H groups in total. The van der Waals surface area contributed by atoms with Gasteiger partial charge in [0, 0.05) is 5.56 Å². The number of rotatable bonds is 6. The predicted molar refractivity (Wildman–Crippen MR) is 130 cm³/mol. The highest BCUT2D eigenvalue weighted by atomic mass is 19.1. The maximum absolute atomic E-state index is 13.7. The lowest BCUT2D eigenvalue weighted by Gasteiger charge is -2.21. The summed E-state index contributed by atoms with van der Waals surface area (Å²) in [7, 11) is 0. The Labute approximate surface area is 202 Å². The lowest BCUT2D eigenvalue weighted by Crippen LogP contribution is -2.27. The SMILES string of the molecule is CC(C)(C)OC(=O)Nc1ccc(-c2cccc(F)c2)cc1NC(=O)CC(=O)c1cccc(C#N)c1. The quantitative estimate of drug-likeness (QED) is 0.341. The van der Waals surface area contributed by atoms with Gasteiger partial charge in [0.25, 0.3) is 0 Å². The van der Waals surface area contributed by atoms with E-state index in [0.717, 1.165) is 0 Å². The molecule has 0 saturated carbocycles. The third-order valence-corrected chi connectivity index (χ3v) is 4.72. The van der Waals surface area contributed by atoms with Crippen LogP contribution in [0.15, 0.2) is 66.7 Å². The Morgan fingerprint density at radius 1 is 0.914 bits per heavy atom. The molecule has 178 valence electrons. The van der Waals surface area contributed by atoms with Crippen LogP contribution in [0.5, 0.6) is 0 Å². The second kappa shape index (κ2) is 10.6. The molecule has 0 unspecified atom stereocenters. The number of carbonyl (C=O) groups excluding carboxylic acids is 3. The molecule has 7 nitrogen and oxygen atoms in total. The van der Waals surface area contributed by atoms with Gasteiger partial charge in [-0.1, -0.05) is 30.3 Å². The molecule has 0 spiro atoms. The minimum Gasteiger partial charge on any atom is -0.444 e. The fraction of sp³-hybridized carbons (Fsp3) is 0.185. The molecule has 2 amide bonds. The Balaban J connectivity index is 1.86. The van der Waals surface area contributed by atoms with Gasteiger partial charge in [0.1, 0.15) is 11.4 Å². The molecule has 0 aromatic heterocycles. The normalized spacial score (nSPS) is 10.7. The number of ketones is 1. The Morgan fingerprint density at radius 3 is 2.31 bits per heavy atom. The van der Waals surface area contributed by atoms with E-state index in [1.54, 1.807) is 63.2 Å². The van der Waals surface area contributed by atoms with Crippen molar-refractivity contribution in [2.45, 2.75) is 32.8 Å². The maximum atomic E-state index is 13.7. The van der Waals surface area contributed by atoms with E-state index in [9.17, 15) is 18.8 Å². The number of carbonyl (C=O) groups is 3. The largest absolute Gasteiger partial charge is 0.444 e. The monoisotopic (exact) mass is 473 g/mol. The van der Waals surface area contributed by atoms with E-state index in [2.05, 4.69) is 10.6 Å². The molecule has 0 atom stereocenters. The van der Waals surface area contributed by atoms with Crippen LogP contribution in [0.1, 0.15) is 43.1 Å². The number of anilines is 2. The minimum absolute atomic E-state index is 0.209. The average Bonchev–Trinajstić information content (AvgIpc) is 2.79. The van der Waals surface area contributed by atoms with Crippen LogP contribution < -0.4 is 10.6 Å². The van der Waals surface area contributed by atoms with Gasteiger partial charge in [-0.25, -0.2) is 9.18 Å². The van der Waals surface area contributed by atoms with E-state index in [4.69, 9.17) is 10.00 Å². The standard InChI is InChI=1S/C27H24FN3O4/c1-27(2,3)35-26(34)31-22-11-10-19(18-7-5-9-21(28)13-18)14-23(22)30-25(33)15-24(32)20-8-4-6-17(12-20)16-29/h4-14H,15H2,1-3H3,(H,30,33)(H,31,34). The average molecular weight is 474 g/mol. The fourth-order valence-electron chi connectivity index (χ4n) is 3.22. The van der Waals surface area contributed by atoms with Gasteiger partial charge in [0.05, 0.1) is 29.4 Å². The summed E-state index contributed by atoms with van der Waals surface area (Å²) < 4.78 is 19.0. The van der Waals surface area contributed by atoms with Crippen molar-refractivity contribution in [3.05, 3.63) is 83.7 Å². The Kier molecular flexibility index (Phi) is 7.62. The topological polar surface area (TPSA) is 108 Å². The summed E-state index contributed by atoms with van der Waals surface area (Å²) in [4.78, 5) is 37.6. The van der Waals surface area contributed by atoms with E-state index in [1.165, 1.54) is 24.3 Å². The molecular formula is C27H24FN3O4. The Bertz CT molecular complexity index is 1320. The van der Waals surface area contributed by atoms with Crippen molar-refractivity contribution in [2.75, 3.05) is 10.6 Å². The summed E-state index contributed by atoms with van der Waals surface area (Å²) in [6, 6.07) is 18.7. The summed E-state index contributed by atoms with van der Waals surface area (Å²) in [5, 5.41) is 14.3. The maximum Gasteiger partial charge on any atom is 0.412 e. The Hall–Kier alpha value is -4.51. The molecule has 0 aliphatic heterocycles. The van der Waals surface area contributed by atoms with Crippen LogP contribution in [0.3, 0.4) is 0 Å². The minimum atomic E-state index is -0.737. The van der Waals surface area contributed by atoms with Gasteiger partial charge in [-0.3, -0.25) is 14.9 Å². The van der Waals surface area contributed by atoms with Crippen LogP contribution in [-0.2, 0) is 9.53 Å². The molecule has 0 fully saturated rings. The van der Waals surface area contributed by atoms with Crippen LogP contribution >= 0.6 is 0 Å². The predicted octanol–water partition coefficient (Wildman–Crippen LogP) is 5.92. The number of amides is 2. The zero-order valence-corrected chi connectivity index (χ0v) is 19.5. The first-order valence-electron chi connectivity index (χ1n) is 10.8. The van der Waals surface area contributed by atoms with Crippen LogP contribution in [0, 0.1) is 17.1 Å². The summed E-state index contributed by atoms with van der Waals surface area (Å²) >= 11 is 0. The molecule has 0 aliphatic carbocycles. The molecule has 8 heteroatoms. The molecule has 0 heterocycles. The van der Waals surface area contributed by atoms with Gasteiger partial charge in [-0.2, -0.15) is 5.26 Å². The van der Waals surface area contributed by atoms with Gasteiger partial charge < -0.3 is 10.1 Å². The first-order chi connectivity index (χ1) is 16.5. The van der Waals surface area contributed by atoms with E-state index in [-0.39, 0.29) is 16.9 Å². The number of halogens is 1. The number of ether oxygens (including phenoxy) is 1. The zero-order valence-electron chi connectivity index (χ0n) is 19.5. The smallest absolute Gasteiger partial charge is 0.412 e. The van der Waals surface area contributed by atoms with Crippen molar-refractivity contribution >= 4 is 29.2 Å². The van der Waals surface area contributed by atoms with Gasteiger partial charge >= 0.3 is 6.09 Å². The highest BCUT2D eigenvalue weighted by Gasteiger charge is 2.19. The highest BCUT2D eigenvalue weighted by Crippen LogP contribution is 2.30. The van der Waals surface area contributed by atoms with Crippen molar-refractivity contribution < 1.29 is 23.5 Å². The summed E-state index contributed by atoms with van der Waals surface area (Å²) in [5.41, 5.74) is 1.41. The van der Waals surface area contributed by atoms with Gasteiger partial charge in [-0.15, -0.1) is 0 Å². The number of benzene rings is 3. The van der Waals surface area contributed by atoms with Crippen molar-refractivity contribution in [3.8, 4) is 17.2 Å². The summed E-state index contributed by atoms with van der Waals surface area (Å²) in [6.07, 6.45) is -1.21. The van der Waals surface area contributed by atoms with Crippen LogP contribution in [-0.4, -0.2) is 23.4 Å². The van der Waals surface area contributed by atoms with Crippen LogP contribution in [0.4, 0.5) is 20.6 Å². The van der Waals surface area contributed by atoms with Gasteiger partial charge in [0.2, 0.25) is 5.91 Å². The van der Waals surface area contributed by atoms with Gasteiger partial charge in [0.15, 0.2) is 5.78 Å². The molecule has 3 rings (SSSR count). The number of nitrogens with one attached hydrogen (secondary N) is 2. The van der Waals surface area contributed by atoms with E-state index in [1.807, 2.05) is 6.07 Å². The number of nitriles is 1. The van der Waals surface area contributed by atoms with Crippen molar-refractivity contribution in [2.24, 2.45) is 0 Å². The fourth-order valence-corrected chi connectivity index (χ4v) is 3.22. The zero-order chi connectivity index (χ0) is 25.6. The number of hydrogen-bond acceptors (Lipinski definition) is 5. The first kappa shape index (κ1) is 25.1. The van der Waals surface area contributed by atoms with Crippen LogP contribution in [0.25, 0.3) is 11.1 Å². The second-order valence-electron chi connectivity index (χ2n) is 8.74. The summed E-state index contributed by atoms with van der Waals surface area (Å²) in [6.45, 7) is 5.15. The van der Waals surface area contributed by atoms with Crippen LogP contribution in [0.2, 0.25) is 0 Å². The van der Waals surface area contributed by atoms with E-state index < -0.39 is 35.6 Å². The second-order valence-corrected chi connectivity index (χ2v) is 8.74. The molecule has 0 aliphatic rings. The molecule has 0 radical (unpaired) electrons.